The summed E-state index contributed by atoms with van der Waals surface area (Å²) in [6.07, 6.45) is 6.96. The van der Waals surface area contributed by atoms with Gasteiger partial charge in [-0.2, -0.15) is 0 Å². The van der Waals surface area contributed by atoms with Crippen molar-refractivity contribution in [3.8, 4) is 0 Å². The number of hydrogen-bond acceptors (Lipinski definition) is 1. The third-order valence-corrected chi connectivity index (χ3v) is 2.48. The molecule has 0 amide bonds. The summed E-state index contributed by atoms with van der Waals surface area (Å²) in [5.74, 6) is 0.792. The van der Waals surface area contributed by atoms with E-state index in [9.17, 15) is 0 Å². The van der Waals surface area contributed by atoms with Gasteiger partial charge >= 0.3 is 0 Å². The Morgan fingerprint density at radius 2 is 2.08 bits per heavy atom. The molecule has 0 radical (unpaired) electrons. The number of hydrogen-bond donors (Lipinski definition) is 1. The number of allylic oxidation sites excluding steroid dienone is 1. The van der Waals surface area contributed by atoms with Gasteiger partial charge in [0, 0.05) is 6.04 Å². The molecule has 0 aromatic heterocycles. The monoisotopic (exact) mass is 169 g/mol. The SMILES string of the molecule is C=CCCC(NC)C(C)CCC. The van der Waals surface area contributed by atoms with E-state index in [0.717, 1.165) is 12.3 Å². The fraction of sp³-hybridized carbons (Fsp3) is 0.818. The van der Waals surface area contributed by atoms with Gasteiger partial charge in [-0.3, -0.25) is 0 Å². The molecule has 1 N–H and O–H groups in total. The second-order valence-corrected chi connectivity index (χ2v) is 3.53. The summed E-state index contributed by atoms with van der Waals surface area (Å²) in [5.41, 5.74) is 0. The van der Waals surface area contributed by atoms with Gasteiger partial charge in [0.05, 0.1) is 0 Å². The Bertz CT molecular complexity index is 110. The molecule has 0 aliphatic rings. The van der Waals surface area contributed by atoms with E-state index in [2.05, 4.69) is 32.8 Å². The molecule has 2 unspecified atom stereocenters. The molecule has 0 rings (SSSR count). The van der Waals surface area contributed by atoms with Crippen LogP contribution in [0.3, 0.4) is 0 Å². The van der Waals surface area contributed by atoms with Gasteiger partial charge in [-0.15, -0.1) is 6.58 Å². The summed E-state index contributed by atoms with van der Waals surface area (Å²) >= 11 is 0. The summed E-state index contributed by atoms with van der Waals surface area (Å²) < 4.78 is 0. The van der Waals surface area contributed by atoms with Crippen molar-refractivity contribution in [1.29, 1.82) is 0 Å². The lowest BCUT2D eigenvalue weighted by molar-refractivity contribution is 0.357. The molecule has 0 aliphatic heterocycles. The highest BCUT2D eigenvalue weighted by Gasteiger charge is 2.12. The molecule has 0 heterocycles. The fourth-order valence-corrected chi connectivity index (χ4v) is 1.67. The molecule has 0 fully saturated rings. The maximum absolute atomic E-state index is 3.74. The van der Waals surface area contributed by atoms with Crippen molar-refractivity contribution in [3.63, 3.8) is 0 Å². The fourth-order valence-electron chi connectivity index (χ4n) is 1.67. The van der Waals surface area contributed by atoms with Gasteiger partial charge in [0.25, 0.3) is 0 Å². The third kappa shape index (κ3) is 4.55. The van der Waals surface area contributed by atoms with Gasteiger partial charge in [-0.25, -0.2) is 0 Å². The van der Waals surface area contributed by atoms with Crippen LogP contribution in [0.1, 0.15) is 39.5 Å². The average Bonchev–Trinajstić information content (AvgIpc) is 2.06. The van der Waals surface area contributed by atoms with Crippen molar-refractivity contribution in [3.05, 3.63) is 12.7 Å². The lowest BCUT2D eigenvalue weighted by Crippen LogP contribution is -2.31. The van der Waals surface area contributed by atoms with Crippen molar-refractivity contribution in [1.82, 2.24) is 5.32 Å². The smallest absolute Gasteiger partial charge is 0.00926 e. The number of nitrogens with one attached hydrogen (secondary N) is 1. The summed E-state index contributed by atoms with van der Waals surface area (Å²) in [6.45, 7) is 8.32. The van der Waals surface area contributed by atoms with Gasteiger partial charge in [0.2, 0.25) is 0 Å². The molecule has 12 heavy (non-hydrogen) atoms. The van der Waals surface area contributed by atoms with Crippen molar-refractivity contribution >= 4 is 0 Å². The van der Waals surface area contributed by atoms with Crippen LogP contribution >= 0.6 is 0 Å². The summed E-state index contributed by atoms with van der Waals surface area (Å²) in [6, 6.07) is 0.669. The van der Waals surface area contributed by atoms with Gasteiger partial charge in [-0.05, 0) is 32.2 Å². The first-order valence-corrected chi connectivity index (χ1v) is 5.04. The molecule has 0 saturated carbocycles. The van der Waals surface area contributed by atoms with Crippen LogP contribution in [0.2, 0.25) is 0 Å². The molecule has 0 spiro atoms. The van der Waals surface area contributed by atoms with E-state index in [1.807, 2.05) is 6.08 Å². The second kappa shape index (κ2) is 7.35. The van der Waals surface area contributed by atoms with E-state index < -0.39 is 0 Å². The predicted molar refractivity (Wildman–Crippen MR) is 56.4 cm³/mol. The second-order valence-electron chi connectivity index (χ2n) is 3.53. The largest absolute Gasteiger partial charge is 0.317 e. The number of rotatable bonds is 7. The molecule has 0 aromatic rings. The molecule has 0 aliphatic carbocycles. The Balaban J connectivity index is 3.69. The minimum absolute atomic E-state index is 0.669. The lowest BCUT2D eigenvalue weighted by atomic mass is 9.93. The van der Waals surface area contributed by atoms with Crippen molar-refractivity contribution < 1.29 is 0 Å². The van der Waals surface area contributed by atoms with Crippen LogP contribution in [0.25, 0.3) is 0 Å². The highest BCUT2D eigenvalue weighted by molar-refractivity contribution is 4.76. The Labute approximate surface area is 77.2 Å². The Kier molecular flexibility index (Phi) is 7.17. The molecule has 2 atom stereocenters. The highest BCUT2D eigenvalue weighted by Crippen LogP contribution is 2.14. The standard InChI is InChI=1S/C11H23N/c1-5-7-9-11(12-4)10(3)8-6-2/h5,10-12H,1,6-9H2,2-4H3. The van der Waals surface area contributed by atoms with Crippen LogP contribution < -0.4 is 5.32 Å². The molecular weight excluding hydrogens is 146 g/mol. The minimum atomic E-state index is 0.669. The Morgan fingerprint density at radius 1 is 1.42 bits per heavy atom. The first-order chi connectivity index (χ1) is 5.76. The summed E-state index contributed by atoms with van der Waals surface area (Å²) in [7, 11) is 2.06. The van der Waals surface area contributed by atoms with Crippen molar-refractivity contribution in [2.24, 2.45) is 5.92 Å². The van der Waals surface area contributed by atoms with E-state index in [4.69, 9.17) is 0 Å². The first kappa shape index (κ1) is 11.7. The molecule has 0 aromatic carbocycles. The van der Waals surface area contributed by atoms with E-state index in [1.54, 1.807) is 0 Å². The van der Waals surface area contributed by atoms with Gasteiger partial charge < -0.3 is 5.32 Å². The zero-order valence-electron chi connectivity index (χ0n) is 8.77. The van der Waals surface area contributed by atoms with Crippen LogP contribution in [-0.4, -0.2) is 13.1 Å². The van der Waals surface area contributed by atoms with E-state index in [-0.39, 0.29) is 0 Å². The van der Waals surface area contributed by atoms with E-state index in [0.29, 0.717) is 6.04 Å². The van der Waals surface area contributed by atoms with Gasteiger partial charge in [0.1, 0.15) is 0 Å². The van der Waals surface area contributed by atoms with E-state index in [1.165, 1.54) is 19.3 Å². The van der Waals surface area contributed by atoms with Gasteiger partial charge in [-0.1, -0.05) is 26.3 Å². The molecule has 0 bridgehead atoms. The minimum Gasteiger partial charge on any atom is -0.317 e. The Hall–Kier alpha value is -0.300. The molecule has 0 saturated heterocycles. The van der Waals surface area contributed by atoms with Crippen LogP contribution in [0, 0.1) is 5.92 Å². The van der Waals surface area contributed by atoms with Gasteiger partial charge in [0.15, 0.2) is 0 Å². The molecular formula is C11H23N. The first-order valence-electron chi connectivity index (χ1n) is 5.04. The van der Waals surface area contributed by atoms with Crippen LogP contribution in [0.15, 0.2) is 12.7 Å². The molecule has 1 nitrogen and oxygen atoms in total. The van der Waals surface area contributed by atoms with E-state index >= 15 is 0 Å². The van der Waals surface area contributed by atoms with Crippen LogP contribution in [0.5, 0.6) is 0 Å². The topological polar surface area (TPSA) is 12.0 Å². The maximum Gasteiger partial charge on any atom is 0.00926 e. The molecule has 72 valence electrons. The molecule has 1 heteroatoms. The average molecular weight is 169 g/mol. The Morgan fingerprint density at radius 3 is 2.50 bits per heavy atom. The van der Waals surface area contributed by atoms with Crippen molar-refractivity contribution in [2.45, 2.75) is 45.6 Å². The maximum atomic E-state index is 3.74. The van der Waals surface area contributed by atoms with Crippen LogP contribution in [0.4, 0.5) is 0 Å². The normalized spacial score (nSPS) is 15.6. The lowest BCUT2D eigenvalue weighted by Gasteiger charge is -2.22. The quantitative estimate of drug-likeness (QED) is 0.578. The predicted octanol–water partition coefficient (Wildman–Crippen LogP) is 2.98. The van der Waals surface area contributed by atoms with Crippen LogP contribution in [-0.2, 0) is 0 Å². The third-order valence-electron chi connectivity index (χ3n) is 2.48. The zero-order valence-corrected chi connectivity index (χ0v) is 8.77. The summed E-state index contributed by atoms with van der Waals surface area (Å²) in [5, 5.41) is 3.37. The zero-order chi connectivity index (χ0) is 9.40. The highest BCUT2D eigenvalue weighted by atomic mass is 14.9. The van der Waals surface area contributed by atoms with Crippen molar-refractivity contribution in [2.75, 3.05) is 7.05 Å². The summed E-state index contributed by atoms with van der Waals surface area (Å²) in [4.78, 5) is 0.